The molecule has 2 heterocycles. The quantitative estimate of drug-likeness (QED) is 0.848. The molecule has 0 bridgehead atoms. The molecule has 8 heteroatoms. The summed E-state index contributed by atoms with van der Waals surface area (Å²) in [5.41, 5.74) is -0.373. The summed E-state index contributed by atoms with van der Waals surface area (Å²) in [5.74, 6) is -3.01. The summed E-state index contributed by atoms with van der Waals surface area (Å²) in [6.07, 6.45) is 0.149. The molecule has 128 valence electrons. The highest BCUT2D eigenvalue weighted by Crippen LogP contribution is 2.32. The van der Waals surface area contributed by atoms with Gasteiger partial charge in [-0.05, 0) is 12.3 Å². The van der Waals surface area contributed by atoms with Crippen molar-refractivity contribution in [3.05, 3.63) is 33.7 Å². The number of hydrogen-bond donors (Lipinski definition) is 1. The van der Waals surface area contributed by atoms with Crippen LogP contribution in [-0.4, -0.2) is 20.9 Å². The molecule has 1 atom stereocenters. The highest BCUT2D eigenvalue weighted by Gasteiger charge is 2.33. The van der Waals surface area contributed by atoms with Crippen molar-refractivity contribution in [2.75, 3.05) is 0 Å². The highest BCUT2D eigenvalue weighted by molar-refractivity contribution is 6.00. The van der Waals surface area contributed by atoms with Crippen LogP contribution in [0.25, 0.3) is 11.0 Å². The molecule has 2 amide bonds. The number of benzene rings is 1. The van der Waals surface area contributed by atoms with Gasteiger partial charge in [-0.3, -0.25) is 24.0 Å². The van der Waals surface area contributed by atoms with Crippen LogP contribution in [0.2, 0.25) is 0 Å². The second kappa shape index (κ2) is 5.54. The zero-order valence-corrected chi connectivity index (χ0v) is 13.5. The maximum atomic E-state index is 14.5. The van der Waals surface area contributed by atoms with E-state index in [0.29, 0.717) is 0 Å². The minimum absolute atomic E-state index is 0.0546. The third-order valence-electron chi connectivity index (χ3n) is 4.38. The first kappa shape index (κ1) is 16.4. The number of nitrogens with zero attached hydrogens (tertiary/aromatic N) is 2. The van der Waals surface area contributed by atoms with Gasteiger partial charge >= 0.3 is 5.69 Å². The molecule has 3 rings (SSSR count). The van der Waals surface area contributed by atoms with Crippen molar-refractivity contribution in [2.24, 2.45) is 7.05 Å². The van der Waals surface area contributed by atoms with Crippen molar-refractivity contribution >= 4 is 22.8 Å². The molecular weight excluding hydrogens is 320 g/mol. The largest absolute Gasteiger partial charge is 0.329 e. The van der Waals surface area contributed by atoms with Gasteiger partial charge in [0.25, 0.3) is 0 Å². The molecule has 1 aromatic carbocycles. The fourth-order valence-corrected chi connectivity index (χ4v) is 3.30. The Balaban J connectivity index is 2.37. The lowest BCUT2D eigenvalue weighted by atomic mass is 10.00. The van der Waals surface area contributed by atoms with E-state index in [1.165, 1.54) is 7.05 Å². The van der Waals surface area contributed by atoms with E-state index in [4.69, 9.17) is 0 Å². The second-order valence-corrected chi connectivity index (χ2v) is 6.28. The summed E-state index contributed by atoms with van der Waals surface area (Å²) >= 11 is 0. The first-order valence-electron chi connectivity index (χ1n) is 7.66. The number of nitrogens with one attached hydrogen (secondary N) is 1. The third kappa shape index (κ3) is 2.24. The Bertz CT molecular complexity index is 927. The number of amides is 2. The third-order valence-corrected chi connectivity index (χ3v) is 4.38. The summed E-state index contributed by atoms with van der Waals surface area (Å²) in [7, 11) is 1.41. The lowest BCUT2D eigenvalue weighted by Gasteiger charge is -2.22. The van der Waals surface area contributed by atoms with Crippen LogP contribution in [0.1, 0.15) is 44.2 Å². The minimum atomic E-state index is -1.00. The SMILES string of the molecule is CC(C)c1c(F)cc(F)c2c1n(C)c(=O)n2C1CCC(=O)NC1=O. The second-order valence-electron chi connectivity index (χ2n) is 6.28. The number of piperidine rings is 1. The van der Waals surface area contributed by atoms with Gasteiger partial charge in [0.05, 0.1) is 5.52 Å². The summed E-state index contributed by atoms with van der Waals surface area (Å²) in [4.78, 5) is 36.0. The van der Waals surface area contributed by atoms with Gasteiger partial charge in [0.2, 0.25) is 11.8 Å². The number of fused-ring (bicyclic) bond motifs is 1. The van der Waals surface area contributed by atoms with E-state index in [0.717, 1.165) is 15.2 Å². The fraction of sp³-hybridized carbons (Fsp3) is 0.438. The van der Waals surface area contributed by atoms with E-state index in [-0.39, 0.29) is 35.4 Å². The number of aromatic nitrogens is 2. The van der Waals surface area contributed by atoms with E-state index in [2.05, 4.69) is 5.32 Å². The smallest absolute Gasteiger partial charge is 0.295 e. The Morgan fingerprint density at radius 1 is 1.17 bits per heavy atom. The number of hydrogen-bond acceptors (Lipinski definition) is 3. The molecule has 1 aliphatic rings. The molecule has 2 aromatic rings. The van der Waals surface area contributed by atoms with E-state index in [1.807, 2.05) is 0 Å². The lowest BCUT2D eigenvalue weighted by Crippen LogP contribution is -2.44. The van der Waals surface area contributed by atoms with Crippen LogP contribution < -0.4 is 11.0 Å². The van der Waals surface area contributed by atoms with Crippen molar-refractivity contribution in [3.8, 4) is 0 Å². The van der Waals surface area contributed by atoms with Gasteiger partial charge in [0, 0.05) is 25.1 Å². The Morgan fingerprint density at radius 3 is 2.42 bits per heavy atom. The van der Waals surface area contributed by atoms with Crippen LogP contribution in [0.3, 0.4) is 0 Å². The number of rotatable bonds is 2. The zero-order valence-electron chi connectivity index (χ0n) is 13.5. The van der Waals surface area contributed by atoms with Crippen LogP contribution in [0.15, 0.2) is 10.9 Å². The molecule has 6 nitrogen and oxygen atoms in total. The van der Waals surface area contributed by atoms with Gasteiger partial charge in [-0.15, -0.1) is 0 Å². The maximum absolute atomic E-state index is 14.5. The van der Waals surface area contributed by atoms with Gasteiger partial charge in [-0.1, -0.05) is 13.8 Å². The predicted molar refractivity (Wildman–Crippen MR) is 82.6 cm³/mol. The van der Waals surface area contributed by atoms with Crippen LogP contribution in [0, 0.1) is 11.6 Å². The van der Waals surface area contributed by atoms with Crippen molar-refractivity contribution in [2.45, 2.75) is 38.6 Å². The van der Waals surface area contributed by atoms with E-state index in [9.17, 15) is 23.2 Å². The summed E-state index contributed by atoms with van der Waals surface area (Å²) < 4.78 is 30.9. The van der Waals surface area contributed by atoms with Crippen LogP contribution in [0.5, 0.6) is 0 Å². The molecule has 24 heavy (non-hydrogen) atoms. The van der Waals surface area contributed by atoms with E-state index < -0.39 is 35.2 Å². The summed E-state index contributed by atoms with van der Waals surface area (Å²) in [6.45, 7) is 3.48. The normalized spacial score (nSPS) is 18.5. The zero-order chi connectivity index (χ0) is 17.8. The highest BCUT2D eigenvalue weighted by atomic mass is 19.1. The molecule has 0 radical (unpaired) electrons. The first-order chi connectivity index (χ1) is 11.2. The Hall–Kier alpha value is -2.51. The molecule has 1 unspecified atom stereocenters. The predicted octanol–water partition coefficient (Wildman–Crippen LogP) is 1.72. The van der Waals surface area contributed by atoms with E-state index >= 15 is 0 Å². The van der Waals surface area contributed by atoms with Crippen molar-refractivity contribution in [1.82, 2.24) is 14.5 Å². The molecule has 1 aliphatic heterocycles. The molecule has 0 saturated carbocycles. The van der Waals surface area contributed by atoms with Gasteiger partial charge in [-0.2, -0.15) is 0 Å². The number of carbonyl (C=O) groups is 2. The standard InChI is InChI=1S/C16H17F2N3O3/c1-7(2)12-8(17)6-9(18)13-14(12)20(3)16(24)21(13)10-4-5-11(22)19-15(10)23/h6-7,10H,4-5H2,1-3H3,(H,19,22,23). The average Bonchev–Trinajstić information content (AvgIpc) is 2.73. The molecule has 1 fully saturated rings. The van der Waals surface area contributed by atoms with Crippen molar-refractivity contribution < 1.29 is 18.4 Å². The topological polar surface area (TPSA) is 73.1 Å². The van der Waals surface area contributed by atoms with Crippen molar-refractivity contribution in [1.29, 1.82) is 0 Å². The molecule has 1 saturated heterocycles. The van der Waals surface area contributed by atoms with Crippen LogP contribution in [0.4, 0.5) is 8.78 Å². The lowest BCUT2D eigenvalue weighted by molar-refractivity contribution is -0.135. The summed E-state index contributed by atoms with van der Waals surface area (Å²) in [5, 5.41) is 2.15. The molecule has 1 N–H and O–H groups in total. The van der Waals surface area contributed by atoms with Crippen LogP contribution >= 0.6 is 0 Å². The maximum Gasteiger partial charge on any atom is 0.329 e. The Labute approximate surface area is 136 Å². The number of imide groups is 1. The number of carbonyl (C=O) groups excluding carboxylic acids is 2. The monoisotopic (exact) mass is 337 g/mol. The Kier molecular flexibility index (Phi) is 3.77. The fourth-order valence-electron chi connectivity index (χ4n) is 3.30. The first-order valence-corrected chi connectivity index (χ1v) is 7.66. The molecular formula is C16H17F2N3O3. The van der Waals surface area contributed by atoms with Gasteiger partial charge < -0.3 is 0 Å². The minimum Gasteiger partial charge on any atom is -0.295 e. The van der Waals surface area contributed by atoms with Crippen LogP contribution in [-0.2, 0) is 16.6 Å². The van der Waals surface area contributed by atoms with Gasteiger partial charge in [-0.25, -0.2) is 13.6 Å². The number of aryl methyl sites for hydroxylation is 1. The molecule has 1 aromatic heterocycles. The number of imidazole rings is 1. The average molecular weight is 337 g/mol. The van der Waals surface area contributed by atoms with Gasteiger partial charge in [0.1, 0.15) is 17.4 Å². The Morgan fingerprint density at radius 2 is 1.83 bits per heavy atom. The van der Waals surface area contributed by atoms with E-state index in [1.54, 1.807) is 13.8 Å². The summed E-state index contributed by atoms with van der Waals surface area (Å²) in [6, 6.07) is -0.265. The molecule has 0 aliphatic carbocycles. The molecule has 0 spiro atoms. The van der Waals surface area contributed by atoms with Crippen molar-refractivity contribution in [3.63, 3.8) is 0 Å². The number of halogens is 2. The van der Waals surface area contributed by atoms with Gasteiger partial charge in [0.15, 0.2) is 5.82 Å².